The Bertz CT molecular complexity index is 854. The minimum atomic E-state index is -3.23. The highest BCUT2D eigenvalue weighted by Crippen LogP contribution is 2.20. The Labute approximate surface area is 132 Å². The van der Waals surface area contributed by atoms with E-state index in [-0.39, 0.29) is 29.9 Å². The molecule has 0 amide bonds. The van der Waals surface area contributed by atoms with E-state index in [0.717, 1.165) is 0 Å². The van der Waals surface area contributed by atoms with Crippen LogP contribution in [0.25, 0.3) is 10.9 Å². The zero-order chi connectivity index (χ0) is 16.4. The second kappa shape index (κ2) is 6.21. The molecule has 122 valence electrons. The summed E-state index contributed by atoms with van der Waals surface area (Å²) < 4.78 is 43.9. The Balaban J connectivity index is 1.68. The van der Waals surface area contributed by atoms with E-state index < -0.39 is 21.8 Å². The summed E-state index contributed by atoms with van der Waals surface area (Å²) in [5.74, 6) is -1.38. The van der Waals surface area contributed by atoms with Crippen molar-refractivity contribution in [3.05, 3.63) is 41.8 Å². The zero-order valence-corrected chi connectivity index (χ0v) is 13.1. The van der Waals surface area contributed by atoms with Crippen LogP contribution in [0.15, 0.2) is 30.5 Å². The van der Waals surface area contributed by atoms with Gasteiger partial charge in [0.2, 0.25) is 10.0 Å². The summed E-state index contributed by atoms with van der Waals surface area (Å²) in [6, 6.07) is 5.98. The lowest BCUT2D eigenvalue weighted by molar-refractivity contribution is 0.0486. The molecular weight excluding hydrogens is 323 g/mol. The number of esters is 1. The van der Waals surface area contributed by atoms with Gasteiger partial charge in [0.05, 0.1) is 16.8 Å². The van der Waals surface area contributed by atoms with Gasteiger partial charge in [-0.3, -0.25) is 4.98 Å². The van der Waals surface area contributed by atoms with Gasteiger partial charge in [0.1, 0.15) is 12.4 Å². The van der Waals surface area contributed by atoms with Gasteiger partial charge in [0.15, 0.2) is 0 Å². The van der Waals surface area contributed by atoms with Crippen molar-refractivity contribution >= 4 is 26.9 Å². The van der Waals surface area contributed by atoms with Crippen LogP contribution in [-0.4, -0.2) is 49.1 Å². The van der Waals surface area contributed by atoms with Crippen LogP contribution in [0.3, 0.4) is 0 Å². The molecule has 0 unspecified atom stereocenters. The molecule has 1 aromatic carbocycles. The number of nitrogens with zero attached hydrogens (tertiary/aromatic N) is 2. The molecule has 0 saturated carbocycles. The van der Waals surface area contributed by atoms with E-state index in [1.165, 1.54) is 22.6 Å². The van der Waals surface area contributed by atoms with Gasteiger partial charge in [0.25, 0.3) is 0 Å². The number of halogens is 1. The SMILES string of the molecule is O=C(OCCN1CCCS1(=O)=O)c1ccc2ncccc2c1F. The Kier molecular flexibility index (Phi) is 4.27. The number of sulfonamides is 1. The standard InChI is InChI=1S/C15H15FN2O4S/c16-14-11-3-1-6-17-13(11)5-4-12(14)15(19)22-9-8-18-7-2-10-23(18,20)21/h1,3-6H,2,7-10H2. The maximum absolute atomic E-state index is 14.3. The minimum absolute atomic E-state index is 0.0881. The molecule has 6 nitrogen and oxygen atoms in total. The van der Waals surface area contributed by atoms with Gasteiger partial charge in [-0.1, -0.05) is 0 Å². The van der Waals surface area contributed by atoms with E-state index in [1.807, 2.05) is 0 Å². The number of carbonyl (C=O) groups is 1. The predicted molar refractivity (Wildman–Crippen MR) is 82.0 cm³/mol. The second-order valence-electron chi connectivity index (χ2n) is 5.20. The Morgan fingerprint density at radius 3 is 2.91 bits per heavy atom. The van der Waals surface area contributed by atoms with Crippen LogP contribution in [0.2, 0.25) is 0 Å². The van der Waals surface area contributed by atoms with Crippen molar-refractivity contribution in [3.8, 4) is 0 Å². The van der Waals surface area contributed by atoms with Crippen LogP contribution >= 0.6 is 0 Å². The van der Waals surface area contributed by atoms with Crippen LogP contribution in [-0.2, 0) is 14.8 Å². The maximum atomic E-state index is 14.3. The van der Waals surface area contributed by atoms with Crippen molar-refractivity contribution in [2.45, 2.75) is 6.42 Å². The highest BCUT2D eigenvalue weighted by atomic mass is 32.2. The number of benzene rings is 1. The third kappa shape index (κ3) is 3.18. The van der Waals surface area contributed by atoms with E-state index >= 15 is 0 Å². The van der Waals surface area contributed by atoms with Gasteiger partial charge in [-0.25, -0.2) is 17.6 Å². The number of hydrogen-bond acceptors (Lipinski definition) is 5. The summed E-state index contributed by atoms with van der Waals surface area (Å²) in [4.78, 5) is 16.0. The number of carbonyl (C=O) groups excluding carboxylic acids is 1. The van der Waals surface area contributed by atoms with Gasteiger partial charge in [0, 0.05) is 24.7 Å². The molecule has 0 spiro atoms. The van der Waals surface area contributed by atoms with Crippen molar-refractivity contribution < 1.29 is 22.3 Å². The van der Waals surface area contributed by atoms with E-state index in [4.69, 9.17) is 4.74 Å². The van der Waals surface area contributed by atoms with Crippen molar-refractivity contribution in [3.63, 3.8) is 0 Å². The topological polar surface area (TPSA) is 76.6 Å². The second-order valence-corrected chi connectivity index (χ2v) is 7.29. The molecule has 8 heteroatoms. The van der Waals surface area contributed by atoms with Crippen molar-refractivity contribution in [1.29, 1.82) is 0 Å². The molecule has 2 aromatic rings. The van der Waals surface area contributed by atoms with Crippen LogP contribution in [0.1, 0.15) is 16.8 Å². The largest absolute Gasteiger partial charge is 0.461 e. The Morgan fingerprint density at radius 1 is 1.35 bits per heavy atom. The number of aromatic nitrogens is 1. The number of ether oxygens (including phenoxy) is 1. The number of fused-ring (bicyclic) bond motifs is 1. The number of hydrogen-bond donors (Lipinski definition) is 0. The fourth-order valence-corrected chi connectivity index (χ4v) is 4.05. The lowest BCUT2D eigenvalue weighted by atomic mass is 10.1. The highest BCUT2D eigenvalue weighted by Gasteiger charge is 2.28. The molecule has 0 bridgehead atoms. The number of pyridine rings is 1. The lowest BCUT2D eigenvalue weighted by Crippen LogP contribution is -2.30. The van der Waals surface area contributed by atoms with E-state index in [9.17, 15) is 17.6 Å². The van der Waals surface area contributed by atoms with E-state index in [2.05, 4.69) is 4.98 Å². The summed E-state index contributed by atoms with van der Waals surface area (Å²) in [5, 5.41) is 0.240. The molecular formula is C15H15FN2O4S. The highest BCUT2D eigenvalue weighted by molar-refractivity contribution is 7.89. The molecule has 0 atom stereocenters. The van der Waals surface area contributed by atoms with Crippen LogP contribution in [0, 0.1) is 5.82 Å². The first kappa shape index (κ1) is 15.8. The molecule has 3 rings (SSSR count). The summed E-state index contributed by atoms with van der Waals surface area (Å²) in [5.41, 5.74) is 0.263. The quantitative estimate of drug-likeness (QED) is 0.791. The maximum Gasteiger partial charge on any atom is 0.341 e. The molecule has 0 radical (unpaired) electrons. The summed E-state index contributed by atoms with van der Waals surface area (Å²) in [6.07, 6.45) is 2.11. The first-order valence-corrected chi connectivity index (χ1v) is 8.78. The summed E-state index contributed by atoms with van der Waals surface area (Å²) in [7, 11) is -3.23. The first-order valence-electron chi connectivity index (χ1n) is 7.17. The molecule has 0 N–H and O–H groups in total. The average molecular weight is 338 g/mol. The molecule has 2 heterocycles. The lowest BCUT2D eigenvalue weighted by Gasteiger charge is -2.14. The monoisotopic (exact) mass is 338 g/mol. The molecule has 1 fully saturated rings. The molecule has 1 aliphatic rings. The number of rotatable bonds is 4. The summed E-state index contributed by atoms with van der Waals surface area (Å²) >= 11 is 0. The molecule has 1 aliphatic heterocycles. The van der Waals surface area contributed by atoms with Crippen molar-refractivity contribution in [1.82, 2.24) is 9.29 Å². The molecule has 0 aliphatic carbocycles. The molecule has 23 heavy (non-hydrogen) atoms. The molecule has 1 saturated heterocycles. The zero-order valence-electron chi connectivity index (χ0n) is 12.2. The average Bonchev–Trinajstić information content (AvgIpc) is 2.86. The minimum Gasteiger partial charge on any atom is -0.461 e. The van der Waals surface area contributed by atoms with Crippen LogP contribution in [0.5, 0.6) is 0 Å². The van der Waals surface area contributed by atoms with Gasteiger partial charge in [-0.2, -0.15) is 4.31 Å². The normalized spacial score (nSPS) is 17.4. The Morgan fingerprint density at radius 2 is 2.17 bits per heavy atom. The smallest absolute Gasteiger partial charge is 0.341 e. The third-order valence-electron chi connectivity index (χ3n) is 3.72. The predicted octanol–water partition coefficient (Wildman–Crippen LogP) is 1.57. The fourth-order valence-electron chi connectivity index (χ4n) is 2.53. The van der Waals surface area contributed by atoms with E-state index in [1.54, 1.807) is 12.1 Å². The van der Waals surface area contributed by atoms with Crippen molar-refractivity contribution in [2.75, 3.05) is 25.4 Å². The van der Waals surface area contributed by atoms with Crippen LogP contribution < -0.4 is 0 Å². The summed E-state index contributed by atoms with van der Waals surface area (Å²) in [6.45, 7) is 0.406. The van der Waals surface area contributed by atoms with Gasteiger partial charge in [-0.05, 0) is 30.7 Å². The third-order valence-corrected chi connectivity index (χ3v) is 5.67. The molecule has 1 aromatic heterocycles. The van der Waals surface area contributed by atoms with Gasteiger partial charge in [-0.15, -0.1) is 0 Å². The van der Waals surface area contributed by atoms with Gasteiger partial charge >= 0.3 is 5.97 Å². The first-order chi connectivity index (χ1) is 11.0. The van der Waals surface area contributed by atoms with E-state index in [0.29, 0.717) is 18.5 Å². The van der Waals surface area contributed by atoms with Crippen LogP contribution in [0.4, 0.5) is 4.39 Å². The van der Waals surface area contributed by atoms with Gasteiger partial charge < -0.3 is 4.74 Å². The fraction of sp³-hybridized carbons (Fsp3) is 0.333. The Hall–Kier alpha value is -2.06. The van der Waals surface area contributed by atoms with Crippen molar-refractivity contribution in [2.24, 2.45) is 0 Å².